The van der Waals surface area contributed by atoms with Gasteiger partial charge in [0.25, 0.3) is 5.56 Å². The summed E-state index contributed by atoms with van der Waals surface area (Å²) in [4.78, 5) is 19.8. The SMILES string of the molecule is CCN(CC(C)CN)c1cc(=O)[nH]cn1. The van der Waals surface area contributed by atoms with Crippen LogP contribution >= 0.6 is 0 Å². The van der Waals surface area contributed by atoms with Gasteiger partial charge in [-0.1, -0.05) is 6.92 Å². The van der Waals surface area contributed by atoms with E-state index in [1.165, 1.54) is 12.4 Å². The van der Waals surface area contributed by atoms with Crippen LogP contribution in [0.25, 0.3) is 0 Å². The lowest BCUT2D eigenvalue weighted by molar-refractivity contribution is 0.572. The summed E-state index contributed by atoms with van der Waals surface area (Å²) in [6.45, 7) is 6.39. The third-order valence-corrected chi connectivity index (χ3v) is 2.30. The molecule has 0 aliphatic carbocycles. The van der Waals surface area contributed by atoms with Crippen molar-refractivity contribution in [2.75, 3.05) is 24.5 Å². The number of H-pyrrole nitrogens is 1. The van der Waals surface area contributed by atoms with Crippen molar-refractivity contribution in [1.29, 1.82) is 0 Å². The van der Waals surface area contributed by atoms with Crippen LogP contribution in [0.3, 0.4) is 0 Å². The molecule has 1 aromatic rings. The quantitative estimate of drug-likeness (QED) is 0.727. The molecule has 1 unspecified atom stereocenters. The monoisotopic (exact) mass is 210 g/mol. The summed E-state index contributed by atoms with van der Waals surface area (Å²) in [5.41, 5.74) is 5.44. The summed E-state index contributed by atoms with van der Waals surface area (Å²) in [6.07, 6.45) is 1.42. The van der Waals surface area contributed by atoms with Crippen LogP contribution in [0.2, 0.25) is 0 Å². The van der Waals surface area contributed by atoms with Crippen molar-refractivity contribution in [1.82, 2.24) is 9.97 Å². The molecule has 15 heavy (non-hydrogen) atoms. The van der Waals surface area contributed by atoms with E-state index in [9.17, 15) is 4.79 Å². The van der Waals surface area contributed by atoms with Crippen molar-refractivity contribution < 1.29 is 0 Å². The Morgan fingerprint density at radius 2 is 2.40 bits per heavy atom. The average molecular weight is 210 g/mol. The number of aromatic amines is 1. The second-order valence-electron chi connectivity index (χ2n) is 3.65. The number of anilines is 1. The summed E-state index contributed by atoms with van der Waals surface area (Å²) in [6, 6.07) is 1.51. The molecule has 84 valence electrons. The van der Waals surface area contributed by atoms with Gasteiger partial charge in [-0.3, -0.25) is 4.79 Å². The predicted molar refractivity (Wildman–Crippen MR) is 61.0 cm³/mol. The fourth-order valence-electron chi connectivity index (χ4n) is 1.37. The fraction of sp³-hybridized carbons (Fsp3) is 0.600. The first kappa shape index (κ1) is 11.7. The van der Waals surface area contributed by atoms with Gasteiger partial charge in [-0.05, 0) is 19.4 Å². The van der Waals surface area contributed by atoms with Crippen molar-refractivity contribution in [2.45, 2.75) is 13.8 Å². The first-order valence-electron chi connectivity index (χ1n) is 5.17. The molecule has 0 bridgehead atoms. The second kappa shape index (κ2) is 5.50. The highest BCUT2D eigenvalue weighted by Gasteiger charge is 2.09. The lowest BCUT2D eigenvalue weighted by atomic mass is 10.1. The van der Waals surface area contributed by atoms with Crippen LogP contribution in [-0.2, 0) is 0 Å². The predicted octanol–water partition coefficient (Wildman–Crippen LogP) is 0.191. The number of aromatic nitrogens is 2. The lowest BCUT2D eigenvalue weighted by Gasteiger charge is -2.24. The van der Waals surface area contributed by atoms with E-state index in [-0.39, 0.29) is 5.56 Å². The van der Waals surface area contributed by atoms with Crippen molar-refractivity contribution in [3.8, 4) is 0 Å². The molecule has 0 aliphatic rings. The highest BCUT2D eigenvalue weighted by atomic mass is 16.1. The van der Waals surface area contributed by atoms with Gasteiger partial charge in [-0.2, -0.15) is 0 Å². The summed E-state index contributed by atoms with van der Waals surface area (Å²) in [7, 11) is 0. The third-order valence-electron chi connectivity index (χ3n) is 2.30. The number of nitrogens with zero attached hydrogens (tertiary/aromatic N) is 2. The zero-order valence-electron chi connectivity index (χ0n) is 9.23. The van der Waals surface area contributed by atoms with Crippen molar-refractivity contribution >= 4 is 5.82 Å². The molecule has 0 aromatic carbocycles. The molecular weight excluding hydrogens is 192 g/mol. The number of hydrogen-bond donors (Lipinski definition) is 2. The lowest BCUT2D eigenvalue weighted by Crippen LogP contribution is -2.32. The topological polar surface area (TPSA) is 75.0 Å². The van der Waals surface area contributed by atoms with Gasteiger partial charge in [0.1, 0.15) is 5.82 Å². The van der Waals surface area contributed by atoms with Crippen LogP contribution in [0, 0.1) is 5.92 Å². The van der Waals surface area contributed by atoms with Crippen LogP contribution in [0.15, 0.2) is 17.2 Å². The van der Waals surface area contributed by atoms with Crippen LogP contribution in [0.4, 0.5) is 5.82 Å². The fourth-order valence-corrected chi connectivity index (χ4v) is 1.37. The molecule has 0 radical (unpaired) electrons. The molecule has 0 fully saturated rings. The maximum atomic E-state index is 11.1. The largest absolute Gasteiger partial charge is 0.356 e. The normalized spacial score (nSPS) is 12.5. The Labute approximate surface area is 89.3 Å². The summed E-state index contributed by atoms with van der Waals surface area (Å²) in [5.74, 6) is 1.10. The van der Waals surface area contributed by atoms with E-state index in [1.54, 1.807) is 0 Å². The Bertz CT molecular complexity index is 349. The van der Waals surface area contributed by atoms with Gasteiger partial charge >= 0.3 is 0 Å². The van der Waals surface area contributed by atoms with Gasteiger partial charge in [-0.25, -0.2) is 4.98 Å². The van der Waals surface area contributed by atoms with Gasteiger partial charge < -0.3 is 15.6 Å². The van der Waals surface area contributed by atoms with E-state index in [1.807, 2.05) is 11.8 Å². The van der Waals surface area contributed by atoms with E-state index >= 15 is 0 Å². The molecule has 0 aliphatic heterocycles. The molecule has 0 amide bonds. The standard InChI is InChI=1S/C10H18N4O/c1-3-14(6-8(2)5-11)9-4-10(15)13-7-12-9/h4,7-8H,3,5-6,11H2,1-2H3,(H,12,13,15). The maximum absolute atomic E-state index is 11.1. The molecule has 0 saturated heterocycles. The van der Waals surface area contributed by atoms with Crippen molar-refractivity contribution in [3.63, 3.8) is 0 Å². The minimum Gasteiger partial charge on any atom is -0.356 e. The highest BCUT2D eigenvalue weighted by Crippen LogP contribution is 2.08. The van der Waals surface area contributed by atoms with Crippen molar-refractivity contribution in [3.05, 3.63) is 22.7 Å². The van der Waals surface area contributed by atoms with E-state index in [0.29, 0.717) is 18.3 Å². The summed E-state index contributed by atoms with van der Waals surface area (Å²) >= 11 is 0. The number of rotatable bonds is 5. The van der Waals surface area contributed by atoms with Gasteiger partial charge in [0.15, 0.2) is 0 Å². The Kier molecular flexibility index (Phi) is 4.30. The van der Waals surface area contributed by atoms with Crippen LogP contribution < -0.4 is 16.2 Å². The molecule has 1 aromatic heterocycles. The van der Waals surface area contributed by atoms with Crippen LogP contribution in [0.5, 0.6) is 0 Å². The zero-order chi connectivity index (χ0) is 11.3. The summed E-state index contributed by atoms with van der Waals surface area (Å²) < 4.78 is 0. The first-order valence-corrected chi connectivity index (χ1v) is 5.17. The average Bonchev–Trinajstić information content (AvgIpc) is 2.25. The molecule has 0 saturated carbocycles. The van der Waals surface area contributed by atoms with E-state index in [2.05, 4.69) is 16.9 Å². The van der Waals surface area contributed by atoms with Gasteiger partial charge in [0, 0.05) is 19.2 Å². The molecule has 0 spiro atoms. The Morgan fingerprint density at radius 3 is 2.93 bits per heavy atom. The number of nitrogens with two attached hydrogens (primary N) is 1. The van der Waals surface area contributed by atoms with Gasteiger partial charge in [-0.15, -0.1) is 0 Å². The smallest absolute Gasteiger partial charge is 0.252 e. The molecule has 1 rings (SSSR count). The minimum absolute atomic E-state index is 0.126. The van der Waals surface area contributed by atoms with E-state index in [0.717, 1.165) is 13.1 Å². The van der Waals surface area contributed by atoms with Crippen LogP contribution in [-0.4, -0.2) is 29.6 Å². The number of hydrogen-bond acceptors (Lipinski definition) is 4. The van der Waals surface area contributed by atoms with E-state index in [4.69, 9.17) is 5.73 Å². The third kappa shape index (κ3) is 3.36. The molecule has 3 N–H and O–H groups in total. The minimum atomic E-state index is -0.126. The first-order chi connectivity index (χ1) is 7.17. The van der Waals surface area contributed by atoms with Gasteiger partial charge in [0.2, 0.25) is 0 Å². The Balaban J connectivity index is 2.78. The van der Waals surface area contributed by atoms with Crippen LogP contribution in [0.1, 0.15) is 13.8 Å². The molecule has 5 heteroatoms. The summed E-state index contributed by atoms with van der Waals surface area (Å²) in [5, 5.41) is 0. The second-order valence-corrected chi connectivity index (χ2v) is 3.65. The van der Waals surface area contributed by atoms with Crippen molar-refractivity contribution in [2.24, 2.45) is 11.7 Å². The number of nitrogens with one attached hydrogen (secondary N) is 1. The molecular formula is C10H18N4O. The Hall–Kier alpha value is -1.36. The maximum Gasteiger partial charge on any atom is 0.252 e. The van der Waals surface area contributed by atoms with Gasteiger partial charge in [0.05, 0.1) is 6.33 Å². The molecule has 5 nitrogen and oxygen atoms in total. The molecule has 1 heterocycles. The highest BCUT2D eigenvalue weighted by molar-refractivity contribution is 5.36. The Morgan fingerprint density at radius 1 is 1.67 bits per heavy atom. The van der Waals surface area contributed by atoms with E-state index < -0.39 is 0 Å². The zero-order valence-corrected chi connectivity index (χ0v) is 9.23. The molecule has 1 atom stereocenters.